The lowest BCUT2D eigenvalue weighted by Crippen LogP contribution is -2.48. The zero-order valence-electron chi connectivity index (χ0n) is 18.9. The van der Waals surface area contributed by atoms with Gasteiger partial charge in [-0.15, -0.1) is 0 Å². The van der Waals surface area contributed by atoms with Crippen LogP contribution in [0, 0.1) is 5.92 Å². The fourth-order valence-corrected chi connectivity index (χ4v) is 3.38. The van der Waals surface area contributed by atoms with Gasteiger partial charge in [-0.3, -0.25) is 18.6 Å². The molecule has 2 unspecified atom stereocenters. The van der Waals surface area contributed by atoms with Crippen molar-refractivity contribution in [2.75, 3.05) is 38.7 Å². The third-order valence-corrected chi connectivity index (χ3v) is 5.37. The van der Waals surface area contributed by atoms with E-state index >= 15 is 0 Å². The van der Waals surface area contributed by atoms with Crippen LogP contribution in [0.4, 0.5) is 5.69 Å². The highest BCUT2D eigenvalue weighted by molar-refractivity contribution is 7.80. The SMILES string of the molecule is COC(=O)c1ccc(N(CC(C(=O)OC(C)(C)C)N(C)C)S(=O)O)c(OCC2CC2)c1. The molecule has 0 aromatic heterocycles. The molecule has 1 fully saturated rings. The summed E-state index contributed by atoms with van der Waals surface area (Å²) in [5.74, 6) is -0.350. The van der Waals surface area contributed by atoms with Gasteiger partial charge < -0.3 is 14.2 Å². The predicted octanol–water partition coefficient (Wildman–Crippen LogP) is 2.48. The number of nitrogens with zero attached hydrogens (tertiary/aromatic N) is 2. The Bertz CT molecular complexity index is 818. The lowest BCUT2D eigenvalue weighted by Gasteiger charge is -2.31. The van der Waals surface area contributed by atoms with Crippen LogP contribution in [-0.4, -0.2) is 71.6 Å². The van der Waals surface area contributed by atoms with Crippen molar-refractivity contribution in [1.29, 1.82) is 0 Å². The summed E-state index contributed by atoms with van der Waals surface area (Å²) in [6.45, 7) is 5.59. The average Bonchev–Trinajstić information content (AvgIpc) is 3.48. The number of esters is 2. The van der Waals surface area contributed by atoms with Crippen molar-refractivity contribution in [3.8, 4) is 5.75 Å². The van der Waals surface area contributed by atoms with E-state index in [0.717, 1.165) is 17.1 Å². The molecule has 31 heavy (non-hydrogen) atoms. The minimum absolute atomic E-state index is 0.123. The van der Waals surface area contributed by atoms with E-state index in [-0.39, 0.29) is 17.9 Å². The zero-order valence-corrected chi connectivity index (χ0v) is 19.7. The molecule has 174 valence electrons. The molecule has 0 spiro atoms. The number of likely N-dealkylation sites (N-methyl/N-ethyl adjacent to an activating group) is 1. The molecule has 0 radical (unpaired) electrons. The van der Waals surface area contributed by atoms with Crippen LogP contribution in [0.3, 0.4) is 0 Å². The zero-order chi connectivity index (χ0) is 23.3. The first-order valence-corrected chi connectivity index (χ1v) is 11.1. The van der Waals surface area contributed by atoms with E-state index in [2.05, 4.69) is 0 Å². The summed E-state index contributed by atoms with van der Waals surface area (Å²) in [6, 6.07) is 3.68. The lowest BCUT2D eigenvalue weighted by molar-refractivity contribution is -0.160. The van der Waals surface area contributed by atoms with Gasteiger partial charge >= 0.3 is 11.9 Å². The second-order valence-electron chi connectivity index (χ2n) is 8.73. The fraction of sp³-hybridized carbons (Fsp3) is 0.619. The van der Waals surface area contributed by atoms with Gasteiger partial charge in [0.25, 0.3) is 11.3 Å². The van der Waals surface area contributed by atoms with Crippen LogP contribution in [0.25, 0.3) is 0 Å². The Morgan fingerprint density at radius 3 is 2.39 bits per heavy atom. The second kappa shape index (κ2) is 10.4. The number of benzene rings is 1. The molecule has 1 aliphatic carbocycles. The van der Waals surface area contributed by atoms with Crippen LogP contribution < -0.4 is 9.04 Å². The van der Waals surface area contributed by atoms with Crippen molar-refractivity contribution in [2.45, 2.75) is 45.3 Å². The van der Waals surface area contributed by atoms with Crippen LogP contribution in [0.15, 0.2) is 18.2 Å². The molecule has 1 saturated carbocycles. The first kappa shape index (κ1) is 25.1. The molecular formula is C21H32N2O7S. The highest BCUT2D eigenvalue weighted by atomic mass is 32.2. The van der Waals surface area contributed by atoms with E-state index in [4.69, 9.17) is 14.2 Å². The maximum Gasteiger partial charge on any atom is 0.337 e. The van der Waals surface area contributed by atoms with Crippen LogP contribution in [-0.2, 0) is 25.5 Å². The number of methoxy groups -OCH3 is 1. The largest absolute Gasteiger partial charge is 0.491 e. The van der Waals surface area contributed by atoms with Crippen LogP contribution >= 0.6 is 0 Å². The van der Waals surface area contributed by atoms with Crippen LogP contribution in [0.2, 0.25) is 0 Å². The third-order valence-electron chi connectivity index (χ3n) is 4.65. The third kappa shape index (κ3) is 7.48. The molecule has 1 aromatic rings. The lowest BCUT2D eigenvalue weighted by atomic mass is 10.1. The van der Waals surface area contributed by atoms with Gasteiger partial charge in [0, 0.05) is 0 Å². The Morgan fingerprint density at radius 2 is 1.90 bits per heavy atom. The van der Waals surface area contributed by atoms with Gasteiger partial charge in [-0.05, 0) is 71.8 Å². The Morgan fingerprint density at radius 1 is 1.26 bits per heavy atom. The highest BCUT2D eigenvalue weighted by Crippen LogP contribution is 2.35. The summed E-state index contributed by atoms with van der Waals surface area (Å²) in [5, 5.41) is 0. The molecule has 1 N–H and O–H groups in total. The molecule has 0 saturated heterocycles. The topological polar surface area (TPSA) is 106 Å². The van der Waals surface area contributed by atoms with E-state index in [1.807, 2.05) is 0 Å². The first-order valence-electron chi connectivity index (χ1n) is 10.1. The molecule has 1 aromatic carbocycles. The quantitative estimate of drug-likeness (QED) is 0.423. The van der Waals surface area contributed by atoms with Gasteiger partial charge in [0.15, 0.2) is 0 Å². The minimum Gasteiger partial charge on any atom is -0.491 e. The molecule has 10 heteroatoms. The first-order chi connectivity index (χ1) is 14.4. The van der Waals surface area contributed by atoms with Crippen molar-refractivity contribution in [3.63, 3.8) is 0 Å². The van der Waals surface area contributed by atoms with Gasteiger partial charge in [0.2, 0.25) is 0 Å². The van der Waals surface area contributed by atoms with Crippen molar-refractivity contribution in [2.24, 2.45) is 5.92 Å². The molecule has 0 aliphatic heterocycles. The van der Waals surface area contributed by atoms with Gasteiger partial charge in [0.1, 0.15) is 17.4 Å². The number of ether oxygens (including phenoxy) is 3. The molecular weight excluding hydrogens is 424 g/mol. The monoisotopic (exact) mass is 456 g/mol. The van der Waals surface area contributed by atoms with Crippen LogP contribution in [0.5, 0.6) is 5.75 Å². The molecule has 0 amide bonds. The van der Waals surface area contributed by atoms with Crippen molar-refractivity contribution in [3.05, 3.63) is 23.8 Å². The van der Waals surface area contributed by atoms with E-state index in [0.29, 0.717) is 18.2 Å². The van der Waals surface area contributed by atoms with Crippen molar-refractivity contribution >= 4 is 28.9 Å². The summed E-state index contributed by atoms with van der Waals surface area (Å²) in [7, 11) is 4.66. The standard InChI is InChI=1S/C21H32N2O7S/c1-21(2,3)30-20(25)17(22(4)5)12-23(31(26)27)16-10-9-15(19(24)28-6)11-18(16)29-13-14-7-8-14/h9-11,14,17H,7-8,12-13H2,1-6H3,(H,26,27). The van der Waals surface area contributed by atoms with Gasteiger partial charge in [-0.25, -0.2) is 9.00 Å². The predicted molar refractivity (Wildman–Crippen MR) is 117 cm³/mol. The van der Waals surface area contributed by atoms with E-state index < -0.39 is 34.8 Å². The maximum atomic E-state index is 12.7. The number of rotatable bonds is 10. The normalized spacial score (nSPS) is 15.9. The number of hydrogen-bond acceptors (Lipinski definition) is 7. The van der Waals surface area contributed by atoms with Crippen molar-refractivity contribution in [1.82, 2.24) is 4.90 Å². The van der Waals surface area contributed by atoms with E-state index in [1.54, 1.807) is 39.8 Å². The van der Waals surface area contributed by atoms with Gasteiger partial charge in [0.05, 0.1) is 31.5 Å². The summed E-state index contributed by atoms with van der Waals surface area (Å²) in [6.07, 6.45) is 2.12. The maximum absolute atomic E-state index is 12.7. The second-order valence-corrected chi connectivity index (χ2v) is 9.64. The Labute approximate surface area is 186 Å². The summed E-state index contributed by atoms with van der Waals surface area (Å²) >= 11 is -2.46. The summed E-state index contributed by atoms with van der Waals surface area (Å²) in [4.78, 5) is 26.3. The fourth-order valence-electron chi connectivity index (χ4n) is 2.79. The number of carbonyl (C=O) groups is 2. The Kier molecular flexibility index (Phi) is 8.44. The van der Waals surface area contributed by atoms with Crippen LogP contribution in [0.1, 0.15) is 44.0 Å². The summed E-state index contributed by atoms with van der Waals surface area (Å²) < 4.78 is 39.6. The Hall–Kier alpha value is -2.17. The highest BCUT2D eigenvalue weighted by Gasteiger charge is 2.32. The summed E-state index contributed by atoms with van der Waals surface area (Å²) in [5.41, 5.74) is -0.142. The number of hydrogen-bond donors (Lipinski definition) is 1. The van der Waals surface area contributed by atoms with E-state index in [9.17, 15) is 18.4 Å². The number of carbonyl (C=O) groups excluding carboxylic acids is 2. The molecule has 1 aliphatic rings. The number of anilines is 1. The molecule has 0 bridgehead atoms. The molecule has 9 nitrogen and oxygen atoms in total. The molecule has 2 atom stereocenters. The van der Waals surface area contributed by atoms with E-state index in [1.165, 1.54) is 25.3 Å². The van der Waals surface area contributed by atoms with Gasteiger partial charge in [-0.2, -0.15) is 0 Å². The van der Waals surface area contributed by atoms with Gasteiger partial charge in [-0.1, -0.05) is 0 Å². The molecule has 2 rings (SSSR count). The van der Waals surface area contributed by atoms with Crippen molar-refractivity contribution < 1.29 is 32.6 Å². The minimum atomic E-state index is -2.46. The Balaban J connectivity index is 2.37. The molecule has 0 heterocycles. The average molecular weight is 457 g/mol. The smallest absolute Gasteiger partial charge is 0.337 e.